The minimum absolute atomic E-state index is 0.0432. The van der Waals surface area contributed by atoms with Crippen LogP contribution in [-0.4, -0.2) is 9.36 Å². The summed E-state index contributed by atoms with van der Waals surface area (Å²) in [4.78, 5) is 12.5. The molecule has 0 fully saturated rings. The number of benzene rings is 1. The van der Waals surface area contributed by atoms with Crippen molar-refractivity contribution in [2.24, 2.45) is 0 Å². The van der Waals surface area contributed by atoms with Crippen LogP contribution in [0.4, 0.5) is 4.39 Å². The fraction of sp³-hybridized carbons (Fsp3) is 0.400. The molecule has 1 aliphatic rings. The van der Waals surface area contributed by atoms with Crippen LogP contribution in [0.2, 0.25) is 10.0 Å². The Morgan fingerprint density at radius 3 is 2.43 bits per heavy atom. The summed E-state index contributed by atoms with van der Waals surface area (Å²) in [5, 5.41) is 0.799. The van der Waals surface area contributed by atoms with Gasteiger partial charge in [0.05, 0.1) is 5.02 Å². The zero-order valence-corrected chi connectivity index (χ0v) is 13.1. The fourth-order valence-electron chi connectivity index (χ4n) is 2.78. The summed E-state index contributed by atoms with van der Waals surface area (Å²) >= 11 is 12.2. The van der Waals surface area contributed by atoms with Crippen molar-refractivity contribution >= 4 is 23.2 Å². The maximum absolute atomic E-state index is 14.7. The van der Waals surface area contributed by atoms with E-state index in [0.717, 1.165) is 24.8 Å². The average Bonchev–Trinajstić information content (AvgIpc) is 2.63. The number of fused-ring (bicyclic) bond motifs is 1. The topological polar surface area (TPSA) is 26.9 Å². The van der Waals surface area contributed by atoms with E-state index in [1.807, 2.05) is 0 Å². The lowest BCUT2D eigenvalue weighted by Crippen LogP contribution is -2.22. The Kier molecular flexibility index (Phi) is 3.84. The van der Waals surface area contributed by atoms with Gasteiger partial charge >= 0.3 is 0 Å². The van der Waals surface area contributed by atoms with Crippen LogP contribution in [0.1, 0.15) is 24.8 Å². The molecule has 21 heavy (non-hydrogen) atoms. The second-order valence-electron chi connectivity index (χ2n) is 5.36. The zero-order chi connectivity index (χ0) is 15.1. The second kappa shape index (κ2) is 5.50. The normalized spacial score (nSPS) is 14.9. The van der Waals surface area contributed by atoms with E-state index in [-0.39, 0.29) is 11.1 Å². The third kappa shape index (κ3) is 2.40. The third-order valence-electron chi connectivity index (χ3n) is 3.93. The number of rotatable bonds is 1. The third-order valence-corrected chi connectivity index (χ3v) is 4.65. The summed E-state index contributed by atoms with van der Waals surface area (Å²) in [7, 11) is 0. The molecule has 2 heterocycles. The summed E-state index contributed by atoms with van der Waals surface area (Å²) in [5.74, 6) is -0.509. The number of nitrogens with zero attached hydrogens (tertiary/aromatic N) is 2. The Balaban J connectivity index is 2.25. The molecule has 0 N–H and O–H groups in total. The van der Waals surface area contributed by atoms with Crippen LogP contribution in [-0.2, 0) is 13.1 Å². The molecule has 1 aromatic heterocycles. The highest BCUT2D eigenvalue weighted by Crippen LogP contribution is 2.33. The molecule has 3 nitrogen and oxygen atoms in total. The van der Waals surface area contributed by atoms with E-state index in [9.17, 15) is 9.18 Å². The van der Waals surface area contributed by atoms with Crippen molar-refractivity contribution in [1.82, 2.24) is 9.36 Å². The number of aryl methyl sites for hydroxylation is 1. The first kappa shape index (κ1) is 14.7. The molecule has 0 atom stereocenters. The van der Waals surface area contributed by atoms with Gasteiger partial charge in [-0.25, -0.2) is 4.68 Å². The summed E-state index contributed by atoms with van der Waals surface area (Å²) in [5.41, 5.74) is 0.898. The standard InChI is InChI=1S/C15H15Cl2FN2O/c1-9-7-10(12(17)8-11(9)16)13-14(18)19-5-3-2-4-6-20(19)15(13)21/h7-8H,2-6H2,1H3. The van der Waals surface area contributed by atoms with Crippen LogP contribution in [0.3, 0.4) is 0 Å². The molecule has 6 heteroatoms. The van der Waals surface area contributed by atoms with E-state index in [0.29, 0.717) is 28.7 Å². The minimum atomic E-state index is -0.509. The molecule has 0 spiro atoms. The average molecular weight is 329 g/mol. The van der Waals surface area contributed by atoms with Crippen molar-refractivity contribution in [3.63, 3.8) is 0 Å². The van der Waals surface area contributed by atoms with Crippen molar-refractivity contribution in [3.8, 4) is 11.1 Å². The minimum Gasteiger partial charge on any atom is -0.267 e. The van der Waals surface area contributed by atoms with Gasteiger partial charge in [0, 0.05) is 23.7 Å². The Bertz CT molecular complexity index is 764. The van der Waals surface area contributed by atoms with Gasteiger partial charge in [0.25, 0.3) is 5.56 Å². The van der Waals surface area contributed by atoms with Crippen LogP contribution in [0.25, 0.3) is 11.1 Å². The maximum atomic E-state index is 14.7. The Morgan fingerprint density at radius 1 is 1.05 bits per heavy atom. The summed E-state index contributed by atoms with van der Waals surface area (Å²) in [6.07, 6.45) is 2.76. The molecule has 3 rings (SSSR count). The van der Waals surface area contributed by atoms with Gasteiger partial charge in [0.2, 0.25) is 5.95 Å². The first-order valence-corrected chi connectivity index (χ1v) is 7.71. The van der Waals surface area contributed by atoms with E-state index >= 15 is 0 Å². The highest BCUT2D eigenvalue weighted by Gasteiger charge is 2.24. The van der Waals surface area contributed by atoms with Crippen LogP contribution >= 0.6 is 23.2 Å². The molecular formula is C15H15Cl2FN2O. The molecule has 0 amide bonds. The van der Waals surface area contributed by atoms with Crippen LogP contribution in [0.5, 0.6) is 0 Å². The SMILES string of the molecule is Cc1cc(-c2c(F)n3n(c2=O)CCCCC3)c(Cl)cc1Cl. The Hall–Kier alpha value is -1.26. The largest absolute Gasteiger partial charge is 0.277 e. The van der Waals surface area contributed by atoms with Gasteiger partial charge in [-0.2, -0.15) is 4.39 Å². The maximum Gasteiger partial charge on any atom is 0.277 e. The number of halogens is 3. The van der Waals surface area contributed by atoms with Crippen molar-refractivity contribution in [2.75, 3.05) is 0 Å². The predicted octanol–water partition coefficient (Wildman–Crippen LogP) is 4.26. The number of hydrogen-bond acceptors (Lipinski definition) is 1. The van der Waals surface area contributed by atoms with Gasteiger partial charge in [0.15, 0.2) is 0 Å². The van der Waals surface area contributed by atoms with Crippen molar-refractivity contribution in [3.05, 3.63) is 44.0 Å². The molecule has 0 saturated heterocycles. The first-order chi connectivity index (χ1) is 10.0. The van der Waals surface area contributed by atoms with Crippen molar-refractivity contribution < 1.29 is 4.39 Å². The summed E-state index contributed by atoms with van der Waals surface area (Å²) < 4.78 is 17.6. The highest BCUT2D eigenvalue weighted by molar-refractivity contribution is 6.36. The van der Waals surface area contributed by atoms with E-state index < -0.39 is 5.95 Å². The second-order valence-corrected chi connectivity index (χ2v) is 6.17. The first-order valence-electron chi connectivity index (χ1n) is 6.96. The molecule has 1 aliphatic heterocycles. The number of aromatic nitrogens is 2. The molecule has 1 aromatic carbocycles. The van der Waals surface area contributed by atoms with Gasteiger partial charge in [-0.15, -0.1) is 0 Å². The molecule has 2 aromatic rings. The number of hydrogen-bond donors (Lipinski definition) is 0. The van der Waals surface area contributed by atoms with Crippen molar-refractivity contribution in [1.29, 1.82) is 0 Å². The fourth-order valence-corrected chi connectivity index (χ4v) is 3.26. The quantitative estimate of drug-likeness (QED) is 0.768. The monoisotopic (exact) mass is 328 g/mol. The van der Waals surface area contributed by atoms with Gasteiger partial charge < -0.3 is 0 Å². The lowest BCUT2D eigenvalue weighted by atomic mass is 10.1. The lowest BCUT2D eigenvalue weighted by molar-refractivity contribution is 0.393. The van der Waals surface area contributed by atoms with E-state index in [1.54, 1.807) is 19.1 Å². The molecule has 112 valence electrons. The van der Waals surface area contributed by atoms with Gasteiger partial charge in [-0.1, -0.05) is 23.2 Å². The summed E-state index contributed by atoms with van der Waals surface area (Å²) in [6.45, 7) is 2.87. The molecule has 0 bridgehead atoms. The highest BCUT2D eigenvalue weighted by atomic mass is 35.5. The van der Waals surface area contributed by atoms with E-state index in [2.05, 4.69) is 0 Å². The zero-order valence-electron chi connectivity index (χ0n) is 11.6. The molecular weight excluding hydrogens is 314 g/mol. The smallest absolute Gasteiger partial charge is 0.267 e. The van der Waals surface area contributed by atoms with E-state index in [4.69, 9.17) is 23.2 Å². The molecule has 0 unspecified atom stereocenters. The Morgan fingerprint density at radius 2 is 1.71 bits per heavy atom. The van der Waals surface area contributed by atoms with Crippen LogP contribution in [0, 0.1) is 12.9 Å². The lowest BCUT2D eigenvalue weighted by Gasteiger charge is -2.06. The van der Waals surface area contributed by atoms with Gasteiger partial charge in [-0.3, -0.25) is 9.48 Å². The predicted molar refractivity (Wildman–Crippen MR) is 82.7 cm³/mol. The molecule has 0 aliphatic carbocycles. The van der Waals surface area contributed by atoms with Crippen LogP contribution in [0.15, 0.2) is 16.9 Å². The molecule has 0 radical (unpaired) electrons. The van der Waals surface area contributed by atoms with Gasteiger partial charge in [0.1, 0.15) is 5.56 Å². The summed E-state index contributed by atoms with van der Waals surface area (Å²) in [6, 6.07) is 3.23. The van der Waals surface area contributed by atoms with Crippen LogP contribution < -0.4 is 5.56 Å². The van der Waals surface area contributed by atoms with Gasteiger partial charge in [-0.05, 0) is 43.9 Å². The Labute approximate surface area is 131 Å². The molecule has 0 saturated carbocycles. The van der Waals surface area contributed by atoms with E-state index in [1.165, 1.54) is 9.36 Å². The van der Waals surface area contributed by atoms with Crippen molar-refractivity contribution in [2.45, 2.75) is 39.3 Å².